The Labute approximate surface area is 203 Å². The van der Waals surface area contributed by atoms with Crippen molar-refractivity contribution in [1.82, 2.24) is 10.6 Å². The van der Waals surface area contributed by atoms with Gasteiger partial charge in [0.2, 0.25) is 5.91 Å². The summed E-state index contributed by atoms with van der Waals surface area (Å²) in [5.74, 6) is 1.19. The number of thioether (sulfide) groups is 2. The van der Waals surface area contributed by atoms with E-state index < -0.39 is 10.8 Å². The van der Waals surface area contributed by atoms with Gasteiger partial charge in [-0.2, -0.15) is 0 Å². The molecule has 4 nitrogen and oxygen atoms in total. The van der Waals surface area contributed by atoms with Crippen LogP contribution in [0.4, 0.5) is 0 Å². The minimum atomic E-state index is -0.578. The average Bonchev–Trinajstić information content (AvgIpc) is 3.40. The van der Waals surface area contributed by atoms with Crippen LogP contribution in [0.25, 0.3) is 0 Å². The van der Waals surface area contributed by atoms with Gasteiger partial charge in [-0.3, -0.25) is 14.9 Å². The number of benzene rings is 3. The number of Topliss-reactive ketones (excluding diaryl/α,β-unsaturated/α-hetero) is 1. The molecule has 3 aromatic carbocycles. The second-order valence-corrected chi connectivity index (χ2v) is 10.4. The summed E-state index contributed by atoms with van der Waals surface area (Å²) in [6.07, 6.45) is 0. The molecule has 2 atom stereocenters. The van der Waals surface area contributed by atoms with Gasteiger partial charge in [0, 0.05) is 25.0 Å². The van der Waals surface area contributed by atoms with Gasteiger partial charge in [0.05, 0.1) is 10.8 Å². The van der Waals surface area contributed by atoms with Gasteiger partial charge < -0.3 is 5.32 Å². The second kappa shape index (κ2) is 11.1. The molecule has 0 saturated carbocycles. The van der Waals surface area contributed by atoms with Crippen molar-refractivity contribution in [2.24, 2.45) is 0 Å². The minimum Gasteiger partial charge on any atom is -0.346 e. The maximum Gasteiger partial charge on any atom is 0.217 e. The predicted octanol–water partition coefficient (Wildman–Crippen LogP) is 4.45. The van der Waals surface area contributed by atoms with E-state index in [1.54, 1.807) is 23.5 Å². The fourth-order valence-corrected chi connectivity index (χ4v) is 6.82. The summed E-state index contributed by atoms with van der Waals surface area (Å²) >= 11 is 3.30. The highest BCUT2D eigenvalue weighted by Crippen LogP contribution is 2.48. The molecule has 1 aliphatic rings. The van der Waals surface area contributed by atoms with E-state index in [0.29, 0.717) is 5.75 Å². The predicted molar refractivity (Wildman–Crippen MR) is 139 cm³/mol. The molecule has 0 aromatic heterocycles. The molecule has 1 heterocycles. The summed E-state index contributed by atoms with van der Waals surface area (Å²) in [4.78, 5) is 25.3. The van der Waals surface area contributed by atoms with E-state index in [4.69, 9.17) is 0 Å². The third-order valence-corrected chi connectivity index (χ3v) is 8.52. The Morgan fingerprint density at radius 2 is 1.42 bits per heavy atom. The first kappa shape index (κ1) is 23.6. The Hall–Kier alpha value is -2.54. The van der Waals surface area contributed by atoms with Crippen molar-refractivity contribution in [2.75, 3.05) is 18.1 Å². The van der Waals surface area contributed by atoms with Gasteiger partial charge in [-0.05, 0) is 16.7 Å². The molecule has 170 valence electrons. The van der Waals surface area contributed by atoms with Crippen LogP contribution in [0.3, 0.4) is 0 Å². The molecule has 6 heteroatoms. The van der Waals surface area contributed by atoms with Crippen molar-refractivity contribution in [3.63, 3.8) is 0 Å². The lowest BCUT2D eigenvalue weighted by Gasteiger charge is -2.36. The van der Waals surface area contributed by atoms with Crippen LogP contribution >= 0.6 is 23.5 Å². The molecular weight excluding hydrogens is 448 g/mol. The summed E-state index contributed by atoms with van der Waals surface area (Å²) in [6, 6.07) is 30.6. The number of ketones is 1. The Bertz CT molecular complexity index is 959. The molecule has 33 heavy (non-hydrogen) atoms. The molecule has 0 radical (unpaired) electrons. The normalized spacial score (nSPS) is 16.8. The van der Waals surface area contributed by atoms with Crippen LogP contribution in [-0.2, 0) is 14.3 Å². The van der Waals surface area contributed by atoms with E-state index in [1.165, 1.54) is 6.92 Å². The highest BCUT2D eigenvalue weighted by atomic mass is 32.2. The molecule has 1 amide bonds. The third kappa shape index (κ3) is 5.35. The monoisotopic (exact) mass is 476 g/mol. The summed E-state index contributed by atoms with van der Waals surface area (Å²) in [5, 5.41) is 5.90. The first-order valence-corrected chi connectivity index (χ1v) is 13.1. The molecule has 1 unspecified atom stereocenters. The standard InChI is InChI=1S/C27H28N2O2S2/c1-20(30)29-24(25(31)26-28-17-18-32-26)19-33-27(21-11-5-2-6-12-21,22-13-7-3-8-14-22)23-15-9-4-10-16-23/h2-16,24,26,28H,17-19H2,1H3,(H,29,30)/t24-,26?/m0/s1. The number of amides is 1. The fraction of sp³-hybridized carbons (Fsp3) is 0.259. The van der Waals surface area contributed by atoms with Crippen LogP contribution in [0.5, 0.6) is 0 Å². The molecule has 1 fully saturated rings. The number of nitrogens with one attached hydrogen (secondary N) is 2. The minimum absolute atomic E-state index is 0.0308. The van der Waals surface area contributed by atoms with Gasteiger partial charge in [-0.1, -0.05) is 91.0 Å². The van der Waals surface area contributed by atoms with Crippen LogP contribution < -0.4 is 10.6 Å². The maximum absolute atomic E-state index is 13.3. The van der Waals surface area contributed by atoms with Crippen molar-refractivity contribution in [1.29, 1.82) is 0 Å². The number of carbonyl (C=O) groups is 2. The van der Waals surface area contributed by atoms with E-state index in [2.05, 4.69) is 47.0 Å². The SMILES string of the molecule is CC(=O)N[C@@H](CSC(c1ccccc1)(c1ccccc1)c1ccccc1)C(=O)C1NCCS1. The highest BCUT2D eigenvalue weighted by molar-refractivity contribution is 8.01. The number of hydrogen-bond donors (Lipinski definition) is 2. The molecule has 1 saturated heterocycles. The summed E-state index contributed by atoms with van der Waals surface area (Å²) in [6.45, 7) is 2.28. The average molecular weight is 477 g/mol. The van der Waals surface area contributed by atoms with Crippen LogP contribution in [0.15, 0.2) is 91.0 Å². The molecule has 0 bridgehead atoms. The Kier molecular flexibility index (Phi) is 7.91. The van der Waals surface area contributed by atoms with Crippen LogP contribution in [0.1, 0.15) is 23.6 Å². The molecular formula is C27H28N2O2S2. The van der Waals surface area contributed by atoms with E-state index in [0.717, 1.165) is 29.0 Å². The maximum atomic E-state index is 13.3. The summed E-state index contributed by atoms with van der Waals surface area (Å²) in [5.41, 5.74) is 3.40. The van der Waals surface area contributed by atoms with E-state index in [9.17, 15) is 9.59 Å². The smallest absolute Gasteiger partial charge is 0.217 e. The number of rotatable bonds is 9. The molecule has 0 aliphatic carbocycles. The van der Waals surface area contributed by atoms with Gasteiger partial charge in [0.1, 0.15) is 5.37 Å². The van der Waals surface area contributed by atoms with Crippen LogP contribution in [0, 0.1) is 0 Å². The largest absolute Gasteiger partial charge is 0.346 e. The molecule has 3 aromatic rings. The van der Waals surface area contributed by atoms with E-state index in [1.807, 2.05) is 54.6 Å². The fourth-order valence-electron chi connectivity index (χ4n) is 4.21. The lowest BCUT2D eigenvalue weighted by Crippen LogP contribution is -2.48. The third-order valence-electron chi connectivity index (χ3n) is 5.70. The molecule has 4 rings (SSSR count). The Balaban J connectivity index is 1.77. The first-order chi connectivity index (χ1) is 16.1. The Morgan fingerprint density at radius 1 is 0.939 bits per heavy atom. The van der Waals surface area contributed by atoms with Crippen molar-refractivity contribution in [3.05, 3.63) is 108 Å². The van der Waals surface area contributed by atoms with Crippen molar-refractivity contribution >= 4 is 35.2 Å². The van der Waals surface area contributed by atoms with Gasteiger partial charge in [-0.25, -0.2) is 0 Å². The second-order valence-electron chi connectivity index (χ2n) is 7.95. The zero-order valence-corrected chi connectivity index (χ0v) is 20.2. The van der Waals surface area contributed by atoms with Gasteiger partial charge in [0.15, 0.2) is 5.78 Å². The van der Waals surface area contributed by atoms with Crippen LogP contribution in [0.2, 0.25) is 0 Å². The lowest BCUT2D eigenvalue weighted by molar-refractivity contribution is -0.126. The van der Waals surface area contributed by atoms with E-state index >= 15 is 0 Å². The van der Waals surface area contributed by atoms with Crippen molar-refractivity contribution in [2.45, 2.75) is 23.1 Å². The number of hydrogen-bond acceptors (Lipinski definition) is 5. The van der Waals surface area contributed by atoms with Gasteiger partial charge in [-0.15, -0.1) is 23.5 Å². The summed E-state index contributed by atoms with van der Waals surface area (Å²) in [7, 11) is 0. The van der Waals surface area contributed by atoms with Crippen LogP contribution in [-0.4, -0.2) is 41.2 Å². The highest BCUT2D eigenvalue weighted by Gasteiger charge is 2.39. The zero-order chi connectivity index (χ0) is 23.1. The molecule has 2 N–H and O–H groups in total. The van der Waals surface area contributed by atoms with Crippen molar-refractivity contribution < 1.29 is 9.59 Å². The first-order valence-electron chi connectivity index (χ1n) is 11.1. The van der Waals surface area contributed by atoms with Gasteiger partial charge >= 0.3 is 0 Å². The Morgan fingerprint density at radius 3 is 1.82 bits per heavy atom. The van der Waals surface area contributed by atoms with Gasteiger partial charge in [0.25, 0.3) is 0 Å². The lowest BCUT2D eigenvalue weighted by atomic mass is 9.84. The van der Waals surface area contributed by atoms with Crippen molar-refractivity contribution in [3.8, 4) is 0 Å². The van der Waals surface area contributed by atoms with E-state index in [-0.39, 0.29) is 17.1 Å². The summed E-state index contributed by atoms with van der Waals surface area (Å²) < 4.78 is -0.531. The topological polar surface area (TPSA) is 58.2 Å². The number of carbonyl (C=O) groups excluding carboxylic acids is 2. The zero-order valence-electron chi connectivity index (χ0n) is 18.6. The quantitative estimate of drug-likeness (QED) is 0.447. The molecule has 1 aliphatic heterocycles. The molecule has 0 spiro atoms.